The van der Waals surface area contributed by atoms with Crippen molar-refractivity contribution in [1.29, 1.82) is 0 Å². The predicted octanol–water partition coefficient (Wildman–Crippen LogP) is 2.76. The van der Waals surface area contributed by atoms with Crippen LogP contribution in [0.5, 0.6) is 11.5 Å². The molecule has 0 saturated heterocycles. The van der Waals surface area contributed by atoms with Crippen molar-refractivity contribution in [2.45, 2.75) is 19.8 Å². The quantitative estimate of drug-likeness (QED) is 0.872. The van der Waals surface area contributed by atoms with E-state index < -0.39 is 0 Å². The third kappa shape index (κ3) is 2.11. The highest BCUT2D eigenvalue weighted by Crippen LogP contribution is 2.40. The number of rotatable bonds is 3. The number of aromatic nitrogens is 1. The van der Waals surface area contributed by atoms with E-state index in [-0.39, 0.29) is 17.6 Å². The lowest BCUT2D eigenvalue weighted by Crippen LogP contribution is -1.94. The molecule has 0 amide bonds. The van der Waals surface area contributed by atoms with Crippen molar-refractivity contribution >= 4 is 5.88 Å². The summed E-state index contributed by atoms with van der Waals surface area (Å²) in [6.45, 7) is 4.09. The van der Waals surface area contributed by atoms with Gasteiger partial charge in [0, 0.05) is 11.6 Å². The van der Waals surface area contributed by atoms with Crippen LogP contribution in [0.3, 0.4) is 0 Å². The molecule has 0 aliphatic carbocycles. The molecular weight excluding hydrogens is 232 g/mol. The topological polar surface area (TPSA) is 81.5 Å². The Morgan fingerprint density at radius 3 is 2.56 bits per heavy atom. The molecule has 96 valence electrons. The van der Waals surface area contributed by atoms with E-state index in [0.717, 1.165) is 5.56 Å². The first-order valence-electron chi connectivity index (χ1n) is 5.66. The molecule has 1 heterocycles. The second-order valence-corrected chi connectivity index (χ2v) is 4.39. The maximum absolute atomic E-state index is 9.97. The summed E-state index contributed by atoms with van der Waals surface area (Å²) in [4.78, 5) is 0. The first-order valence-corrected chi connectivity index (χ1v) is 5.66. The van der Waals surface area contributed by atoms with Gasteiger partial charge < -0.3 is 20.1 Å². The Balaban J connectivity index is 2.63. The molecule has 0 unspecified atom stereocenters. The van der Waals surface area contributed by atoms with E-state index in [1.807, 2.05) is 19.9 Å². The van der Waals surface area contributed by atoms with E-state index in [0.29, 0.717) is 17.0 Å². The maximum atomic E-state index is 9.97. The molecule has 0 spiro atoms. The van der Waals surface area contributed by atoms with Gasteiger partial charge in [-0.1, -0.05) is 19.0 Å². The van der Waals surface area contributed by atoms with E-state index >= 15 is 0 Å². The number of phenols is 1. The Labute approximate surface area is 105 Å². The van der Waals surface area contributed by atoms with E-state index in [9.17, 15) is 5.11 Å². The van der Waals surface area contributed by atoms with Crippen LogP contribution in [0.25, 0.3) is 11.3 Å². The van der Waals surface area contributed by atoms with Crippen molar-refractivity contribution in [3.05, 3.63) is 23.8 Å². The van der Waals surface area contributed by atoms with Gasteiger partial charge in [0.15, 0.2) is 11.5 Å². The molecule has 2 rings (SSSR count). The van der Waals surface area contributed by atoms with Crippen LogP contribution in [0.1, 0.15) is 25.3 Å². The minimum Gasteiger partial charge on any atom is -0.504 e. The molecule has 3 N–H and O–H groups in total. The highest BCUT2D eigenvalue weighted by molar-refractivity contribution is 5.73. The van der Waals surface area contributed by atoms with Crippen LogP contribution in [0.4, 0.5) is 5.88 Å². The Bertz CT molecular complexity index is 561. The fourth-order valence-electron chi connectivity index (χ4n) is 1.79. The van der Waals surface area contributed by atoms with Gasteiger partial charge in [0.25, 0.3) is 0 Å². The predicted molar refractivity (Wildman–Crippen MR) is 68.7 cm³/mol. The van der Waals surface area contributed by atoms with Crippen LogP contribution in [0.15, 0.2) is 22.7 Å². The van der Waals surface area contributed by atoms with Crippen LogP contribution in [0, 0.1) is 0 Å². The van der Waals surface area contributed by atoms with Crippen molar-refractivity contribution in [2.24, 2.45) is 0 Å². The number of hydrogen-bond donors (Lipinski definition) is 2. The fraction of sp³-hybridized carbons (Fsp3) is 0.308. The van der Waals surface area contributed by atoms with E-state index in [2.05, 4.69) is 5.16 Å². The summed E-state index contributed by atoms with van der Waals surface area (Å²) >= 11 is 0. The molecule has 1 aromatic carbocycles. The van der Waals surface area contributed by atoms with Gasteiger partial charge >= 0.3 is 0 Å². The smallest absolute Gasteiger partial charge is 0.222 e. The lowest BCUT2D eigenvalue weighted by Gasteiger charge is -2.13. The number of anilines is 1. The molecule has 2 aromatic rings. The number of nitrogens with zero attached hydrogens (tertiary/aromatic N) is 1. The van der Waals surface area contributed by atoms with Crippen molar-refractivity contribution in [2.75, 3.05) is 12.8 Å². The van der Waals surface area contributed by atoms with Gasteiger partial charge in [-0.25, -0.2) is 0 Å². The standard InChI is InChI=1S/C13H16N2O3/c1-7(2)8-4-9(10-6-12(14)18-15-10)13(17-3)11(16)5-8/h4-7,16H,14H2,1-3H3. The molecule has 5 heteroatoms. The van der Waals surface area contributed by atoms with E-state index in [4.69, 9.17) is 15.0 Å². The zero-order valence-electron chi connectivity index (χ0n) is 10.6. The molecule has 1 aromatic heterocycles. The molecule has 18 heavy (non-hydrogen) atoms. The molecular formula is C13H16N2O3. The number of hydrogen-bond acceptors (Lipinski definition) is 5. The molecule has 0 atom stereocenters. The fourth-order valence-corrected chi connectivity index (χ4v) is 1.79. The Hall–Kier alpha value is -2.17. The van der Waals surface area contributed by atoms with Crippen LogP contribution in [-0.4, -0.2) is 17.4 Å². The number of nitrogen functional groups attached to an aromatic ring is 1. The number of phenolic OH excluding ortho intramolecular Hbond substituents is 1. The highest BCUT2D eigenvalue weighted by atomic mass is 16.5. The number of methoxy groups -OCH3 is 1. The largest absolute Gasteiger partial charge is 0.504 e. The molecule has 0 fully saturated rings. The Morgan fingerprint density at radius 2 is 2.06 bits per heavy atom. The van der Waals surface area contributed by atoms with Crippen molar-refractivity contribution in [1.82, 2.24) is 5.16 Å². The summed E-state index contributed by atoms with van der Waals surface area (Å²) in [7, 11) is 1.50. The number of aromatic hydroxyl groups is 1. The van der Waals surface area contributed by atoms with E-state index in [1.165, 1.54) is 7.11 Å². The summed E-state index contributed by atoms with van der Waals surface area (Å²) in [5, 5.41) is 13.8. The maximum Gasteiger partial charge on any atom is 0.222 e. The monoisotopic (exact) mass is 248 g/mol. The summed E-state index contributed by atoms with van der Waals surface area (Å²) < 4.78 is 10.1. The normalized spacial score (nSPS) is 10.9. The number of nitrogens with two attached hydrogens (primary N) is 1. The van der Waals surface area contributed by atoms with Gasteiger partial charge in [-0.05, 0) is 23.6 Å². The lowest BCUT2D eigenvalue weighted by molar-refractivity contribution is 0.373. The third-order valence-corrected chi connectivity index (χ3v) is 2.77. The third-order valence-electron chi connectivity index (χ3n) is 2.77. The van der Waals surface area contributed by atoms with E-state index in [1.54, 1.807) is 12.1 Å². The highest BCUT2D eigenvalue weighted by Gasteiger charge is 2.17. The molecule has 0 saturated carbocycles. The minimum atomic E-state index is 0.0836. The average Bonchev–Trinajstić information content (AvgIpc) is 2.74. The van der Waals surface area contributed by atoms with Gasteiger partial charge in [-0.2, -0.15) is 0 Å². The molecule has 0 aliphatic rings. The molecule has 0 radical (unpaired) electrons. The van der Waals surface area contributed by atoms with Crippen molar-refractivity contribution < 1.29 is 14.4 Å². The first kappa shape index (κ1) is 12.3. The van der Waals surface area contributed by atoms with Crippen LogP contribution in [0.2, 0.25) is 0 Å². The molecule has 0 bridgehead atoms. The summed E-state index contributed by atoms with van der Waals surface area (Å²) in [6.07, 6.45) is 0. The lowest BCUT2D eigenvalue weighted by atomic mass is 9.98. The Morgan fingerprint density at radius 1 is 1.33 bits per heavy atom. The van der Waals surface area contributed by atoms with Gasteiger partial charge in [0.2, 0.25) is 5.88 Å². The van der Waals surface area contributed by atoms with Gasteiger partial charge in [0.05, 0.1) is 7.11 Å². The second-order valence-electron chi connectivity index (χ2n) is 4.39. The first-order chi connectivity index (χ1) is 8.52. The minimum absolute atomic E-state index is 0.0836. The SMILES string of the molecule is COc1c(O)cc(C(C)C)cc1-c1cc(N)on1. The van der Waals surface area contributed by atoms with Crippen LogP contribution >= 0.6 is 0 Å². The molecule has 0 aliphatic heterocycles. The Kier molecular flexibility index (Phi) is 3.14. The van der Waals surface area contributed by atoms with Crippen molar-refractivity contribution in [3.63, 3.8) is 0 Å². The summed E-state index contributed by atoms with van der Waals surface area (Å²) in [5.41, 5.74) is 7.71. The van der Waals surface area contributed by atoms with Gasteiger partial charge in [0.1, 0.15) is 5.69 Å². The molecule has 5 nitrogen and oxygen atoms in total. The van der Waals surface area contributed by atoms with Crippen LogP contribution in [-0.2, 0) is 0 Å². The summed E-state index contributed by atoms with van der Waals surface area (Å²) in [6, 6.07) is 5.21. The van der Waals surface area contributed by atoms with Gasteiger partial charge in [-0.15, -0.1) is 0 Å². The number of benzene rings is 1. The second kappa shape index (κ2) is 4.60. The average molecular weight is 248 g/mol. The van der Waals surface area contributed by atoms with Crippen LogP contribution < -0.4 is 10.5 Å². The zero-order chi connectivity index (χ0) is 13.3. The summed E-state index contributed by atoms with van der Waals surface area (Å²) in [5.74, 6) is 0.958. The van der Waals surface area contributed by atoms with Gasteiger partial charge in [-0.3, -0.25) is 0 Å². The van der Waals surface area contributed by atoms with Crippen molar-refractivity contribution in [3.8, 4) is 22.8 Å². The number of ether oxygens (including phenoxy) is 1. The zero-order valence-corrected chi connectivity index (χ0v) is 10.6.